The molecule has 0 unspecified atom stereocenters. The summed E-state index contributed by atoms with van der Waals surface area (Å²) in [4.78, 5) is 25.3. The van der Waals surface area contributed by atoms with Gasteiger partial charge >= 0.3 is 0 Å². The van der Waals surface area contributed by atoms with Crippen LogP contribution in [0, 0.1) is 5.82 Å². The van der Waals surface area contributed by atoms with Crippen molar-refractivity contribution in [3.05, 3.63) is 59.4 Å². The number of fused-ring (bicyclic) bond motifs is 1. The summed E-state index contributed by atoms with van der Waals surface area (Å²) in [6.07, 6.45) is 0. The van der Waals surface area contributed by atoms with E-state index in [-0.39, 0.29) is 12.1 Å². The maximum Gasteiger partial charge on any atom is 0.299 e. The van der Waals surface area contributed by atoms with Crippen LogP contribution in [-0.2, 0) is 11.3 Å². The van der Waals surface area contributed by atoms with Crippen molar-refractivity contribution in [2.45, 2.75) is 6.54 Å². The molecule has 0 spiro atoms. The Bertz CT molecular complexity index is 742. The largest absolute Gasteiger partial charge is 0.496 e. The van der Waals surface area contributed by atoms with Gasteiger partial charge in [-0.2, -0.15) is 0 Å². The van der Waals surface area contributed by atoms with Crippen LogP contribution in [0.3, 0.4) is 0 Å². The number of hydrogen-bond acceptors (Lipinski definition) is 3. The second kappa shape index (κ2) is 5.01. The van der Waals surface area contributed by atoms with E-state index < -0.39 is 17.5 Å². The molecule has 106 valence electrons. The number of para-hydroxylation sites is 1. The molecule has 1 amide bonds. The first kappa shape index (κ1) is 13.3. The van der Waals surface area contributed by atoms with Crippen molar-refractivity contribution in [1.29, 1.82) is 0 Å². The van der Waals surface area contributed by atoms with Crippen molar-refractivity contribution in [2.24, 2.45) is 0 Å². The number of amides is 1. The van der Waals surface area contributed by atoms with E-state index in [1.165, 1.54) is 30.2 Å². The molecular formula is C16H12FNO3. The second-order valence-electron chi connectivity index (χ2n) is 4.69. The van der Waals surface area contributed by atoms with Crippen LogP contribution in [0.1, 0.15) is 15.9 Å². The second-order valence-corrected chi connectivity index (χ2v) is 4.69. The van der Waals surface area contributed by atoms with Crippen molar-refractivity contribution in [3.8, 4) is 5.75 Å². The fourth-order valence-electron chi connectivity index (χ4n) is 2.43. The van der Waals surface area contributed by atoms with Gasteiger partial charge in [0.25, 0.3) is 11.7 Å². The summed E-state index contributed by atoms with van der Waals surface area (Å²) in [7, 11) is 1.53. The van der Waals surface area contributed by atoms with E-state index in [9.17, 15) is 14.0 Å². The smallest absolute Gasteiger partial charge is 0.299 e. The third-order valence-electron chi connectivity index (χ3n) is 3.46. The lowest BCUT2D eigenvalue weighted by molar-refractivity contribution is -0.114. The zero-order chi connectivity index (χ0) is 15.0. The highest BCUT2D eigenvalue weighted by Gasteiger charge is 2.36. The van der Waals surface area contributed by atoms with E-state index in [2.05, 4.69) is 0 Å². The Morgan fingerprint density at radius 1 is 1.14 bits per heavy atom. The van der Waals surface area contributed by atoms with E-state index >= 15 is 0 Å². The molecule has 4 nitrogen and oxygen atoms in total. The summed E-state index contributed by atoms with van der Waals surface area (Å²) >= 11 is 0. The molecule has 1 heterocycles. The standard InChI is InChI=1S/C16H12FNO3/c1-21-14-5-3-2-4-10(14)9-18-13-8-11(17)6-7-12(13)15(19)16(18)20/h2-8H,9H2,1H3. The average Bonchev–Trinajstić information content (AvgIpc) is 2.72. The van der Waals surface area contributed by atoms with E-state index in [0.29, 0.717) is 11.4 Å². The first-order valence-electron chi connectivity index (χ1n) is 6.39. The number of carbonyl (C=O) groups is 2. The van der Waals surface area contributed by atoms with Crippen LogP contribution in [0.25, 0.3) is 0 Å². The van der Waals surface area contributed by atoms with Gasteiger partial charge in [0, 0.05) is 5.56 Å². The fraction of sp³-hybridized carbons (Fsp3) is 0.125. The summed E-state index contributed by atoms with van der Waals surface area (Å²) in [5, 5.41) is 0. The van der Waals surface area contributed by atoms with Crippen molar-refractivity contribution < 1.29 is 18.7 Å². The van der Waals surface area contributed by atoms with Gasteiger partial charge in [-0.15, -0.1) is 0 Å². The van der Waals surface area contributed by atoms with Crippen LogP contribution in [-0.4, -0.2) is 18.8 Å². The van der Waals surface area contributed by atoms with Gasteiger partial charge in [0.15, 0.2) is 0 Å². The number of anilines is 1. The van der Waals surface area contributed by atoms with E-state index in [1.807, 2.05) is 12.1 Å². The minimum Gasteiger partial charge on any atom is -0.496 e. The minimum absolute atomic E-state index is 0.158. The minimum atomic E-state index is -0.651. The zero-order valence-corrected chi connectivity index (χ0v) is 11.3. The lowest BCUT2D eigenvalue weighted by Gasteiger charge is -2.18. The number of ether oxygens (including phenoxy) is 1. The number of halogens is 1. The van der Waals surface area contributed by atoms with Crippen LogP contribution in [0.4, 0.5) is 10.1 Å². The van der Waals surface area contributed by atoms with Gasteiger partial charge in [-0.1, -0.05) is 18.2 Å². The predicted octanol–water partition coefficient (Wildman–Crippen LogP) is 2.56. The predicted molar refractivity (Wildman–Crippen MR) is 74.9 cm³/mol. The fourth-order valence-corrected chi connectivity index (χ4v) is 2.43. The summed E-state index contributed by atoms with van der Waals surface area (Å²) in [6, 6.07) is 10.9. The molecule has 0 aromatic heterocycles. The summed E-state index contributed by atoms with van der Waals surface area (Å²) in [6.45, 7) is 0.158. The maximum atomic E-state index is 13.4. The van der Waals surface area contributed by atoms with Gasteiger partial charge in [0.2, 0.25) is 0 Å². The number of rotatable bonds is 3. The molecule has 0 radical (unpaired) electrons. The number of benzene rings is 2. The summed E-state index contributed by atoms with van der Waals surface area (Å²) in [5.41, 5.74) is 1.28. The molecule has 0 N–H and O–H groups in total. The van der Waals surface area contributed by atoms with Crippen LogP contribution in [0.5, 0.6) is 5.75 Å². The molecule has 0 bridgehead atoms. The molecule has 5 heteroatoms. The molecule has 2 aromatic rings. The third kappa shape index (κ3) is 2.16. The maximum absolute atomic E-state index is 13.4. The van der Waals surface area contributed by atoms with E-state index in [1.54, 1.807) is 12.1 Å². The Morgan fingerprint density at radius 3 is 2.67 bits per heavy atom. The number of ketones is 1. The van der Waals surface area contributed by atoms with Gasteiger partial charge in [0.1, 0.15) is 11.6 Å². The zero-order valence-electron chi connectivity index (χ0n) is 11.3. The summed E-state index contributed by atoms with van der Waals surface area (Å²) < 4.78 is 18.6. The molecule has 0 aliphatic carbocycles. The first-order valence-corrected chi connectivity index (χ1v) is 6.39. The van der Waals surface area contributed by atoms with E-state index in [4.69, 9.17) is 4.74 Å². The van der Waals surface area contributed by atoms with Gasteiger partial charge < -0.3 is 9.64 Å². The quantitative estimate of drug-likeness (QED) is 0.814. The van der Waals surface area contributed by atoms with Gasteiger partial charge in [0.05, 0.1) is 24.9 Å². The van der Waals surface area contributed by atoms with Gasteiger partial charge in [-0.25, -0.2) is 4.39 Å². The van der Waals surface area contributed by atoms with Crippen molar-refractivity contribution in [1.82, 2.24) is 0 Å². The Labute approximate surface area is 120 Å². The molecule has 0 fully saturated rings. The number of nitrogens with zero attached hydrogens (tertiary/aromatic N) is 1. The topological polar surface area (TPSA) is 46.6 Å². The molecule has 3 rings (SSSR count). The lowest BCUT2D eigenvalue weighted by atomic mass is 10.1. The highest BCUT2D eigenvalue weighted by atomic mass is 19.1. The Balaban J connectivity index is 2.02. The highest BCUT2D eigenvalue weighted by Crippen LogP contribution is 2.32. The third-order valence-corrected chi connectivity index (χ3v) is 3.46. The first-order chi connectivity index (χ1) is 10.1. The number of carbonyl (C=O) groups excluding carboxylic acids is 2. The molecule has 0 atom stereocenters. The highest BCUT2D eigenvalue weighted by molar-refractivity contribution is 6.52. The monoisotopic (exact) mass is 285 g/mol. The average molecular weight is 285 g/mol. The molecule has 2 aromatic carbocycles. The van der Waals surface area contributed by atoms with Gasteiger partial charge in [-0.05, 0) is 24.3 Å². The molecule has 0 saturated carbocycles. The Hall–Kier alpha value is -2.69. The molecular weight excluding hydrogens is 273 g/mol. The van der Waals surface area contributed by atoms with Crippen molar-refractivity contribution >= 4 is 17.4 Å². The van der Waals surface area contributed by atoms with Crippen molar-refractivity contribution in [3.63, 3.8) is 0 Å². The molecule has 1 aliphatic heterocycles. The summed E-state index contributed by atoms with van der Waals surface area (Å²) in [5.74, 6) is -1.13. The van der Waals surface area contributed by atoms with E-state index in [0.717, 1.165) is 5.56 Å². The number of Topliss-reactive ketones (excluding diaryl/α,β-unsaturated/α-hetero) is 1. The Morgan fingerprint density at radius 2 is 1.90 bits per heavy atom. The Kier molecular flexibility index (Phi) is 3.17. The van der Waals surface area contributed by atoms with Gasteiger partial charge in [-0.3, -0.25) is 9.59 Å². The molecule has 21 heavy (non-hydrogen) atoms. The molecule has 1 aliphatic rings. The number of hydrogen-bond donors (Lipinski definition) is 0. The SMILES string of the molecule is COc1ccccc1CN1C(=O)C(=O)c2ccc(F)cc21. The lowest BCUT2D eigenvalue weighted by Crippen LogP contribution is -2.29. The normalized spacial score (nSPS) is 13.5. The molecule has 0 saturated heterocycles. The number of methoxy groups -OCH3 is 1. The van der Waals surface area contributed by atoms with Crippen LogP contribution in [0.15, 0.2) is 42.5 Å². The van der Waals surface area contributed by atoms with Crippen LogP contribution < -0.4 is 9.64 Å². The van der Waals surface area contributed by atoms with Crippen LogP contribution in [0.2, 0.25) is 0 Å². The van der Waals surface area contributed by atoms with Crippen LogP contribution >= 0.6 is 0 Å². The van der Waals surface area contributed by atoms with Crippen molar-refractivity contribution in [2.75, 3.05) is 12.0 Å².